The lowest BCUT2D eigenvalue weighted by atomic mass is 9.62. The van der Waals surface area contributed by atoms with Crippen molar-refractivity contribution < 1.29 is 9.90 Å². The van der Waals surface area contributed by atoms with Crippen LogP contribution in [0.3, 0.4) is 0 Å². The van der Waals surface area contributed by atoms with Crippen LogP contribution in [0.5, 0.6) is 0 Å². The van der Waals surface area contributed by atoms with Crippen molar-refractivity contribution in [2.45, 2.75) is 78.6 Å². The lowest BCUT2D eigenvalue weighted by molar-refractivity contribution is -0.153. The summed E-state index contributed by atoms with van der Waals surface area (Å²) in [4.78, 5) is 11.7. The van der Waals surface area contributed by atoms with E-state index in [0.717, 1.165) is 57.8 Å². The van der Waals surface area contributed by atoms with Gasteiger partial charge in [0.15, 0.2) is 0 Å². The van der Waals surface area contributed by atoms with Crippen molar-refractivity contribution in [2.24, 2.45) is 16.7 Å². The van der Waals surface area contributed by atoms with Gasteiger partial charge in [-0.25, -0.2) is 0 Å². The van der Waals surface area contributed by atoms with Gasteiger partial charge in [-0.15, -0.1) is 6.58 Å². The first-order valence-electron chi connectivity index (χ1n) is 8.16. The molecular weight excluding hydrogens is 248 g/mol. The number of rotatable bonds is 7. The van der Waals surface area contributed by atoms with Crippen LogP contribution in [-0.2, 0) is 4.79 Å². The van der Waals surface area contributed by atoms with Crippen molar-refractivity contribution in [2.75, 3.05) is 0 Å². The second-order valence-corrected chi connectivity index (χ2v) is 7.61. The van der Waals surface area contributed by atoms with Crippen LogP contribution in [0.15, 0.2) is 12.7 Å². The largest absolute Gasteiger partial charge is 0.481 e. The molecule has 1 N–H and O–H groups in total. The number of allylic oxidation sites excluding steroid dienone is 1. The maximum absolute atomic E-state index is 11.7. The molecule has 0 unspecified atom stereocenters. The fraction of sp³-hybridized carbons (Fsp3) is 0.833. The van der Waals surface area contributed by atoms with E-state index in [9.17, 15) is 9.90 Å². The van der Waals surface area contributed by atoms with Gasteiger partial charge in [0.25, 0.3) is 0 Å². The minimum atomic E-state index is -0.562. The van der Waals surface area contributed by atoms with E-state index < -0.39 is 11.4 Å². The molecule has 0 aromatic heterocycles. The van der Waals surface area contributed by atoms with Crippen molar-refractivity contribution in [3.8, 4) is 0 Å². The summed E-state index contributed by atoms with van der Waals surface area (Å²) in [6.07, 6.45) is 11.0. The van der Waals surface area contributed by atoms with E-state index in [2.05, 4.69) is 27.4 Å². The standard InChI is InChI=1S/C18H32O2/c1-5-6-7-8-9-12-18(16(19)20)13-10-15(11-14-18)17(2,3)4/h5,15H,1,6-14H2,2-4H3,(H,19,20). The van der Waals surface area contributed by atoms with Crippen LogP contribution in [0.1, 0.15) is 78.6 Å². The highest BCUT2D eigenvalue weighted by Crippen LogP contribution is 2.47. The van der Waals surface area contributed by atoms with Crippen molar-refractivity contribution >= 4 is 5.97 Å². The summed E-state index contributed by atoms with van der Waals surface area (Å²) in [5.41, 5.74) is -0.120. The molecule has 0 radical (unpaired) electrons. The molecule has 1 aliphatic carbocycles. The van der Waals surface area contributed by atoms with Gasteiger partial charge in [0.2, 0.25) is 0 Å². The van der Waals surface area contributed by atoms with Crippen molar-refractivity contribution in [1.29, 1.82) is 0 Å². The van der Waals surface area contributed by atoms with Gasteiger partial charge in [-0.3, -0.25) is 4.79 Å². The van der Waals surface area contributed by atoms with Crippen LogP contribution < -0.4 is 0 Å². The number of carbonyl (C=O) groups is 1. The first-order valence-corrected chi connectivity index (χ1v) is 8.16. The third kappa shape index (κ3) is 4.64. The van der Waals surface area contributed by atoms with Crippen LogP contribution in [0.4, 0.5) is 0 Å². The van der Waals surface area contributed by atoms with E-state index in [1.54, 1.807) is 0 Å². The molecule has 1 fully saturated rings. The molecule has 116 valence electrons. The zero-order valence-corrected chi connectivity index (χ0v) is 13.6. The third-order valence-corrected chi connectivity index (χ3v) is 5.18. The van der Waals surface area contributed by atoms with Crippen LogP contribution in [0.2, 0.25) is 0 Å². The van der Waals surface area contributed by atoms with E-state index in [0.29, 0.717) is 11.3 Å². The first-order chi connectivity index (χ1) is 9.32. The summed E-state index contributed by atoms with van der Waals surface area (Å²) >= 11 is 0. The third-order valence-electron chi connectivity index (χ3n) is 5.18. The molecule has 0 aromatic rings. The van der Waals surface area contributed by atoms with Crippen molar-refractivity contribution in [3.05, 3.63) is 12.7 Å². The Morgan fingerprint density at radius 2 is 1.85 bits per heavy atom. The Hall–Kier alpha value is -0.790. The Labute approximate surface area is 124 Å². The summed E-state index contributed by atoms with van der Waals surface area (Å²) in [5.74, 6) is 0.115. The molecule has 1 rings (SSSR count). The SMILES string of the molecule is C=CCCCCCC1(C(=O)O)CCC(C(C)(C)C)CC1. The topological polar surface area (TPSA) is 37.3 Å². The van der Waals surface area contributed by atoms with E-state index in [-0.39, 0.29) is 0 Å². The highest BCUT2D eigenvalue weighted by molar-refractivity contribution is 5.74. The average Bonchev–Trinajstić information content (AvgIpc) is 2.37. The zero-order valence-electron chi connectivity index (χ0n) is 13.6. The number of aliphatic carboxylic acids is 1. The van der Waals surface area contributed by atoms with Gasteiger partial charge in [0.05, 0.1) is 5.41 Å². The Kier molecular flexibility index (Phi) is 6.29. The Morgan fingerprint density at radius 3 is 2.30 bits per heavy atom. The Bertz CT molecular complexity index is 317. The van der Waals surface area contributed by atoms with Gasteiger partial charge in [-0.1, -0.05) is 39.7 Å². The van der Waals surface area contributed by atoms with Gasteiger partial charge in [0.1, 0.15) is 0 Å². The second kappa shape index (κ2) is 7.28. The maximum Gasteiger partial charge on any atom is 0.309 e. The van der Waals surface area contributed by atoms with Crippen molar-refractivity contribution in [3.63, 3.8) is 0 Å². The molecule has 0 aromatic carbocycles. The summed E-state index contributed by atoms with van der Waals surface area (Å²) < 4.78 is 0. The van der Waals surface area contributed by atoms with E-state index in [1.165, 1.54) is 0 Å². The Balaban J connectivity index is 2.50. The molecule has 2 nitrogen and oxygen atoms in total. The number of unbranched alkanes of at least 4 members (excludes halogenated alkanes) is 3. The zero-order chi connectivity index (χ0) is 15.2. The number of hydrogen-bond donors (Lipinski definition) is 1. The highest BCUT2D eigenvalue weighted by Gasteiger charge is 2.43. The maximum atomic E-state index is 11.7. The second-order valence-electron chi connectivity index (χ2n) is 7.61. The molecule has 0 atom stereocenters. The quantitative estimate of drug-likeness (QED) is 0.498. The van der Waals surface area contributed by atoms with Crippen LogP contribution in [0, 0.1) is 16.7 Å². The summed E-state index contributed by atoms with van der Waals surface area (Å²) in [5, 5.41) is 9.66. The molecular formula is C18H32O2. The van der Waals surface area contributed by atoms with E-state index >= 15 is 0 Å². The van der Waals surface area contributed by atoms with Gasteiger partial charge >= 0.3 is 5.97 Å². The highest BCUT2D eigenvalue weighted by atomic mass is 16.4. The predicted molar refractivity (Wildman–Crippen MR) is 84.8 cm³/mol. The molecule has 0 bridgehead atoms. The molecule has 0 aliphatic heterocycles. The molecule has 1 aliphatic rings. The molecule has 1 saturated carbocycles. The van der Waals surface area contributed by atoms with Crippen LogP contribution in [0.25, 0.3) is 0 Å². The van der Waals surface area contributed by atoms with Crippen molar-refractivity contribution in [1.82, 2.24) is 0 Å². The normalized spacial score (nSPS) is 27.2. The number of hydrogen-bond acceptors (Lipinski definition) is 1. The lowest BCUT2D eigenvalue weighted by Gasteiger charge is -2.42. The van der Waals surface area contributed by atoms with Gasteiger partial charge in [0, 0.05) is 0 Å². The average molecular weight is 280 g/mol. The number of carboxylic acid groups (broad SMARTS) is 1. The van der Waals surface area contributed by atoms with Gasteiger partial charge in [-0.2, -0.15) is 0 Å². The summed E-state index contributed by atoms with van der Waals surface area (Å²) in [7, 11) is 0. The first kappa shape index (κ1) is 17.3. The number of carboxylic acids is 1. The molecule has 0 spiro atoms. The Morgan fingerprint density at radius 1 is 1.25 bits per heavy atom. The summed E-state index contributed by atoms with van der Waals surface area (Å²) in [6, 6.07) is 0. The fourth-order valence-electron chi connectivity index (χ4n) is 3.54. The molecule has 0 amide bonds. The molecule has 0 heterocycles. The monoisotopic (exact) mass is 280 g/mol. The molecule has 20 heavy (non-hydrogen) atoms. The predicted octanol–water partition coefficient (Wildman–Crippen LogP) is 5.43. The van der Waals surface area contributed by atoms with Gasteiger partial charge in [-0.05, 0) is 56.3 Å². The molecule has 2 heteroatoms. The van der Waals surface area contributed by atoms with Crippen LogP contribution >= 0.6 is 0 Å². The smallest absolute Gasteiger partial charge is 0.309 e. The van der Waals surface area contributed by atoms with E-state index in [1.807, 2.05) is 6.08 Å². The fourth-order valence-corrected chi connectivity index (χ4v) is 3.54. The minimum absolute atomic E-state index is 0.314. The minimum Gasteiger partial charge on any atom is -0.481 e. The van der Waals surface area contributed by atoms with Gasteiger partial charge < -0.3 is 5.11 Å². The molecule has 0 saturated heterocycles. The van der Waals surface area contributed by atoms with Crippen LogP contribution in [-0.4, -0.2) is 11.1 Å². The summed E-state index contributed by atoms with van der Waals surface area (Å²) in [6.45, 7) is 10.6. The van der Waals surface area contributed by atoms with E-state index in [4.69, 9.17) is 0 Å². The lowest BCUT2D eigenvalue weighted by Crippen LogP contribution is -2.38.